The van der Waals surface area contributed by atoms with Gasteiger partial charge in [0.2, 0.25) is 0 Å². The van der Waals surface area contributed by atoms with E-state index >= 15 is 0 Å². The summed E-state index contributed by atoms with van der Waals surface area (Å²) in [5.41, 5.74) is 5.93. The maximum Gasteiger partial charge on any atom is 0.191 e. The molecule has 1 heterocycles. The Morgan fingerprint density at radius 2 is 2.19 bits per heavy atom. The molecule has 0 unspecified atom stereocenters. The lowest BCUT2D eigenvalue weighted by Crippen LogP contribution is -2.37. The number of carbonyl (C=O) groups excluding carboxylic acids is 1. The quantitative estimate of drug-likeness (QED) is 0.850. The van der Waals surface area contributed by atoms with Crippen molar-refractivity contribution in [3.05, 3.63) is 10.3 Å². The number of aryl methyl sites for hydroxylation is 1. The molecule has 16 heavy (non-hydrogen) atoms. The molecule has 0 spiro atoms. The summed E-state index contributed by atoms with van der Waals surface area (Å²) in [5, 5.41) is 7.67. The predicted octanol–water partition coefficient (Wildman–Crippen LogP) is 1.28. The van der Waals surface area contributed by atoms with E-state index in [1.165, 1.54) is 4.68 Å². The molecule has 1 aliphatic carbocycles. The molecule has 88 valence electrons. The van der Waals surface area contributed by atoms with Gasteiger partial charge in [0, 0.05) is 19.0 Å². The van der Waals surface area contributed by atoms with Crippen LogP contribution in [0.5, 0.6) is 0 Å². The second-order valence-electron chi connectivity index (χ2n) is 4.37. The highest BCUT2D eigenvalue weighted by Crippen LogP contribution is 2.40. The van der Waals surface area contributed by atoms with Gasteiger partial charge < -0.3 is 5.73 Å². The number of rotatable bonds is 3. The van der Waals surface area contributed by atoms with Gasteiger partial charge in [-0.15, -0.1) is 5.10 Å². The number of halogens is 1. The summed E-state index contributed by atoms with van der Waals surface area (Å²) in [6.07, 6.45) is 3.90. The van der Waals surface area contributed by atoms with Crippen molar-refractivity contribution in [3.8, 4) is 0 Å². The zero-order chi connectivity index (χ0) is 11.8. The first-order valence-corrected chi connectivity index (χ1v) is 6.20. The summed E-state index contributed by atoms with van der Waals surface area (Å²) in [4.78, 5) is 12.5. The Kier molecular flexibility index (Phi) is 3.12. The van der Waals surface area contributed by atoms with Gasteiger partial charge in [-0.25, -0.2) is 4.68 Å². The third-order valence-corrected chi connectivity index (χ3v) is 3.97. The van der Waals surface area contributed by atoms with Crippen molar-refractivity contribution in [2.24, 2.45) is 18.2 Å². The van der Waals surface area contributed by atoms with E-state index in [-0.39, 0.29) is 5.78 Å². The topological polar surface area (TPSA) is 73.8 Å². The third-order valence-electron chi connectivity index (χ3n) is 3.43. The van der Waals surface area contributed by atoms with Crippen molar-refractivity contribution in [2.75, 3.05) is 6.54 Å². The first kappa shape index (κ1) is 11.7. The molecule has 1 aromatic heterocycles. The predicted molar refractivity (Wildman–Crippen MR) is 63.0 cm³/mol. The molecule has 0 aliphatic heterocycles. The Balaban J connectivity index is 2.38. The van der Waals surface area contributed by atoms with Crippen molar-refractivity contribution in [1.29, 1.82) is 0 Å². The molecule has 0 saturated heterocycles. The summed E-state index contributed by atoms with van der Waals surface area (Å²) < 4.78 is 2.03. The van der Waals surface area contributed by atoms with Gasteiger partial charge in [0.15, 0.2) is 10.4 Å². The Bertz CT molecular complexity index is 389. The number of nitrogens with zero attached hydrogens (tertiary/aromatic N) is 3. The van der Waals surface area contributed by atoms with E-state index in [1.54, 1.807) is 7.05 Å². The molecule has 1 aromatic rings. The normalized spacial score (nSPS) is 18.9. The van der Waals surface area contributed by atoms with Gasteiger partial charge in [-0.1, -0.05) is 18.1 Å². The summed E-state index contributed by atoms with van der Waals surface area (Å²) >= 11 is 3.26. The lowest BCUT2D eigenvalue weighted by atomic mass is 9.80. The number of nitrogens with two attached hydrogens (primary N) is 1. The molecule has 2 N–H and O–H groups in total. The SMILES string of the molecule is Cn1nnc(Br)c1C(=O)C1(CN)CCCC1. The second-order valence-corrected chi connectivity index (χ2v) is 5.12. The molecule has 0 bridgehead atoms. The van der Waals surface area contributed by atoms with Crippen LogP contribution in [0.15, 0.2) is 4.60 Å². The first-order valence-electron chi connectivity index (χ1n) is 5.41. The van der Waals surface area contributed by atoms with E-state index in [4.69, 9.17) is 5.73 Å². The molecular weight excluding hydrogens is 272 g/mol. The fourth-order valence-electron chi connectivity index (χ4n) is 2.40. The highest BCUT2D eigenvalue weighted by atomic mass is 79.9. The Morgan fingerprint density at radius 3 is 2.62 bits per heavy atom. The van der Waals surface area contributed by atoms with E-state index in [2.05, 4.69) is 26.2 Å². The summed E-state index contributed by atoms with van der Waals surface area (Å²) in [6.45, 7) is 0.406. The Morgan fingerprint density at radius 1 is 1.56 bits per heavy atom. The van der Waals surface area contributed by atoms with Crippen LogP contribution in [0.4, 0.5) is 0 Å². The van der Waals surface area contributed by atoms with Crippen LogP contribution in [0.3, 0.4) is 0 Å². The summed E-state index contributed by atoms with van der Waals surface area (Å²) in [7, 11) is 1.73. The van der Waals surface area contributed by atoms with E-state index in [1.807, 2.05) is 0 Å². The minimum absolute atomic E-state index is 0.0758. The molecule has 5 nitrogen and oxygen atoms in total. The van der Waals surface area contributed by atoms with Crippen LogP contribution in [0.25, 0.3) is 0 Å². The van der Waals surface area contributed by atoms with Gasteiger partial charge >= 0.3 is 0 Å². The number of aromatic nitrogens is 3. The number of ketones is 1. The number of hydrogen-bond donors (Lipinski definition) is 1. The zero-order valence-electron chi connectivity index (χ0n) is 9.24. The number of carbonyl (C=O) groups is 1. The van der Waals surface area contributed by atoms with Gasteiger partial charge in [0.05, 0.1) is 0 Å². The zero-order valence-corrected chi connectivity index (χ0v) is 10.8. The van der Waals surface area contributed by atoms with E-state index in [0.29, 0.717) is 16.8 Å². The monoisotopic (exact) mass is 286 g/mol. The van der Waals surface area contributed by atoms with Crippen LogP contribution in [0, 0.1) is 5.41 Å². The van der Waals surface area contributed by atoms with Gasteiger partial charge in [-0.2, -0.15) is 0 Å². The standard InChI is InChI=1S/C10H15BrN4O/c1-15-7(9(11)13-14-15)8(16)10(6-12)4-2-3-5-10/h2-6,12H2,1H3. The van der Waals surface area contributed by atoms with E-state index in [0.717, 1.165) is 25.7 Å². The molecule has 1 saturated carbocycles. The lowest BCUT2D eigenvalue weighted by molar-refractivity contribution is 0.0798. The van der Waals surface area contributed by atoms with Gasteiger partial charge in [-0.3, -0.25) is 4.79 Å². The lowest BCUT2D eigenvalue weighted by Gasteiger charge is -2.25. The fraction of sp³-hybridized carbons (Fsp3) is 0.700. The molecular formula is C10H15BrN4O. The van der Waals surface area contributed by atoms with Gasteiger partial charge in [0.1, 0.15) is 5.69 Å². The molecule has 1 fully saturated rings. The van der Waals surface area contributed by atoms with Gasteiger partial charge in [-0.05, 0) is 28.8 Å². The van der Waals surface area contributed by atoms with E-state index < -0.39 is 5.41 Å². The van der Waals surface area contributed by atoms with Crippen LogP contribution < -0.4 is 5.73 Å². The molecule has 1 aliphatic rings. The van der Waals surface area contributed by atoms with Crippen LogP contribution in [0.1, 0.15) is 36.2 Å². The average molecular weight is 287 g/mol. The molecule has 0 amide bonds. The first-order chi connectivity index (χ1) is 7.60. The van der Waals surface area contributed by atoms with Crippen LogP contribution in [0.2, 0.25) is 0 Å². The molecule has 0 atom stereocenters. The second kappa shape index (κ2) is 4.25. The summed E-state index contributed by atoms with van der Waals surface area (Å²) in [6, 6.07) is 0. The van der Waals surface area contributed by atoms with Crippen molar-refractivity contribution in [3.63, 3.8) is 0 Å². The minimum Gasteiger partial charge on any atom is -0.329 e. The maximum absolute atomic E-state index is 12.5. The average Bonchev–Trinajstić information content (AvgIpc) is 2.86. The van der Waals surface area contributed by atoms with Crippen LogP contribution >= 0.6 is 15.9 Å². The third kappa shape index (κ3) is 1.69. The minimum atomic E-state index is -0.391. The van der Waals surface area contributed by atoms with Gasteiger partial charge in [0.25, 0.3) is 0 Å². The van der Waals surface area contributed by atoms with Crippen LogP contribution in [-0.2, 0) is 7.05 Å². The molecule has 2 rings (SSSR count). The largest absolute Gasteiger partial charge is 0.329 e. The number of hydrogen-bond acceptors (Lipinski definition) is 4. The highest BCUT2D eigenvalue weighted by Gasteiger charge is 2.42. The van der Waals surface area contributed by atoms with Crippen LogP contribution in [-0.4, -0.2) is 27.3 Å². The smallest absolute Gasteiger partial charge is 0.191 e. The van der Waals surface area contributed by atoms with E-state index in [9.17, 15) is 4.79 Å². The van der Waals surface area contributed by atoms with Crippen molar-refractivity contribution >= 4 is 21.7 Å². The highest BCUT2D eigenvalue weighted by molar-refractivity contribution is 9.10. The molecule has 6 heteroatoms. The Hall–Kier alpha value is -0.750. The van der Waals surface area contributed by atoms with Crippen molar-refractivity contribution in [2.45, 2.75) is 25.7 Å². The number of Topliss-reactive ketones (excluding diaryl/α,β-unsaturated/α-hetero) is 1. The molecule has 0 radical (unpaired) electrons. The Labute approximate surface area is 103 Å². The summed E-state index contributed by atoms with van der Waals surface area (Å²) in [5.74, 6) is 0.0758. The van der Waals surface area contributed by atoms with Crippen molar-refractivity contribution in [1.82, 2.24) is 15.0 Å². The maximum atomic E-state index is 12.5. The fourth-order valence-corrected chi connectivity index (χ4v) is 2.91. The molecule has 0 aromatic carbocycles. The van der Waals surface area contributed by atoms with Crippen molar-refractivity contribution < 1.29 is 4.79 Å².